The Balaban J connectivity index is 1.46. The first-order valence-electron chi connectivity index (χ1n) is 10.8. The fourth-order valence-corrected chi connectivity index (χ4v) is 4.16. The zero-order chi connectivity index (χ0) is 21.1. The van der Waals surface area contributed by atoms with Gasteiger partial charge in [-0.05, 0) is 49.9 Å². The van der Waals surface area contributed by atoms with Gasteiger partial charge < -0.3 is 4.90 Å². The molecule has 1 fully saturated rings. The maximum Gasteiger partial charge on any atom is 0.229 e. The van der Waals surface area contributed by atoms with E-state index in [2.05, 4.69) is 39.1 Å². The lowest BCUT2D eigenvalue weighted by Crippen LogP contribution is -2.30. The molecular weight excluding hydrogens is 376 g/mol. The summed E-state index contributed by atoms with van der Waals surface area (Å²) in [6, 6.07) is 6.05. The van der Waals surface area contributed by atoms with Crippen molar-refractivity contribution >= 4 is 22.8 Å². The smallest absolute Gasteiger partial charge is 0.229 e. The second-order valence-electron chi connectivity index (χ2n) is 8.68. The summed E-state index contributed by atoms with van der Waals surface area (Å²) in [5.74, 6) is 1.07. The van der Waals surface area contributed by atoms with Crippen molar-refractivity contribution in [2.24, 2.45) is 18.9 Å². The third-order valence-electron chi connectivity index (χ3n) is 5.67. The molecule has 7 heteroatoms. The van der Waals surface area contributed by atoms with Crippen molar-refractivity contribution in [2.75, 3.05) is 25.0 Å². The van der Waals surface area contributed by atoms with Gasteiger partial charge >= 0.3 is 0 Å². The maximum absolute atomic E-state index is 12.9. The molecule has 2 aromatic heterocycles. The standard InChI is InChI=1S/C23H30N6O/c1-16(2)14-29-9-4-5-17(8-10-29)22(30)27-23-24-12-19-7-6-18(11-21(19)26-23)20-13-25-28(3)15-20/h6-7,11-13,15-17H,4-5,8-10,14H2,1-3H3,(H,24,26,27,30). The van der Waals surface area contributed by atoms with Crippen LogP contribution < -0.4 is 5.32 Å². The SMILES string of the molecule is CC(C)CN1CCCC(C(=O)Nc2ncc3ccc(-c4cnn(C)c4)cc3n2)CC1. The van der Waals surface area contributed by atoms with Gasteiger partial charge in [0.15, 0.2) is 0 Å². The number of fused-ring (bicyclic) bond motifs is 1. The molecule has 1 N–H and O–H groups in total. The molecule has 1 unspecified atom stereocenters. The summed E-state index contributed by atoms with van der Waals surface area (Å²) in [5.41, 5.74) is 2.89. The van der Waals surface area contributed by atoms with Crippen molar-refractivity contribution in [1.29, 1.82) is 0 Å². The van der Waals surface area contributed by atoms with Gasteiger partial charge in [-0.15, -0.1) is 0 Å². The molecule has 4 rings (SSSR count). The normalized spacial score (nSPS) is 17.9. The van der Waals surface area contributed by atoms with Gasteiger partial charge in [-0.25, -0.2) is 9.97 Å². The van der Waals surface area contributed by atoms with E-state index < -0.39 is 0 Å². The summed E-state index contributed by atoms with van der Waals surface area (Å²) in [4.78, 5) is 24.3. The number of nitrogens with zero attached hydrogens (tertiary/aromatic N) is 5. The molecule has 1 aliphatic heterocycles. The van der Waals surface area contributed by atoms with Crippen LogP contribution in [0.1, 0.15) is 33.1 Å². The van der Waals surface area contributed by atoms with Crippen molar-refractivity contribution in [1.82, 2.24) is 24.6 Å². The monoisotopic (exact) mass is 406 g/mol. The van der Waals surface area contributed by atoms with E-state index in [1.54, 1.807) is 10.9 Å². The highest BCUT2D eigenvalue weighted by molar-refractivity contribution is 5.92. The molecule has 1 amide bonds. The number of anilines is 1. The molecule has 158 valence electrons. The van der Waals surface area contributed by atoms with Crippen LogP contribution in [0.15, 0.2) is 36.8 Å². The molecule has 30 heavy (non-hydrogen) atoms. The van der Waals surface area contributed by atoms with Crippen LogP contribution in [0.3, 0.4) is 0 Å². The van der Waals surface area contributed by atoms with Crippen LogP contribution in [0.2, 0.25) is 0 Å². The van der Waals surface area contributed by atoms with Crippen LogP contribution in [0, 0.1) is 11.8 Å². The van der Waals surface area contributed by atoms with Crippen LogP contribution in [0.5, 0.6) is 0 Å². The first-order chi connectivity index (χ1) is 14.5. The van der Waals surface area contributed by atoms with E-state index in [0.29, 0.717) is 11.9 Å². The van der Waals surface area contributed by atoms with Crippen molar-refractivity contribution < 1.29 is 4.79 Å². The lowest BCUT2D eigenvalue weighted by atomic mass is 10.00. The Morgan fingerprint density at radius 2 is 2.07 bits per heavy atom. The largest absolute Gasteiger partial charge is 0.303 e. The van der Waals surface area contributed by atoms with Crippen molar-refractivity contribution in [3.63, 3.8) is 0 Å². The topological polar surface area (TPSA) is 75.9 Å². The number of hydrogen-bond donors (Lipinski definition) is 1. The van der Waals surface area contributed by atoms with Crippen LogP contribution in [-0.4, -0.2) is 50.2 Å². The number of aryl methyl sites for hydroxylation is 1. The summed E-state index contributed by atoms with van der Waals surface area (Å²) >= 11 is 0. The lowest BCUT2D eigenvalue weighted by Gasteiger charge is -2.22. The minimum absolute atomic E-state index is 0.0168. The minimum atomic E-state index is 0.0168. The quantitative estimate of drug-likeness (QED) is 0.699. The molecule has 0 aliphatic carbocycles. The Hall–Kier alpha value is -2.80. The average molecular weight is 407 g/mol. The highest BCUT2D eigenvalue weighted by Crippen LogP contribution is 2.24. The van der Waals surface area contributed by atoms with E-state index in [1.165, 1.54) is 0 Å². The molecule has 1 saturated heterocycles. The van der Waals surface area contributed by atoms with Crippen LogP contribution in [0.4, 0.5) is 5.95 Å². The van der Waals surface area contributed by atoms with E-state index in [1.807, 2.05) is 37.6 Å². The Kier molecular flexibility index (Phi) is 6.08. The zero-order valence-electron chi connectivity index (χ0n) is 18.0. The van der Waals surface area contributed by atoms with Gasteiger partial charge in [0.05, 0.1) is 11.7 Å². The fourth-order valence-electron chi connectivity index (χ4n) is 4.16. The van der Waals surface area contributed by atoms with Gasteiger partial charge in [-0.1, -0.05) is 26.0 Å². The number of carbonyl (C=O) groups excluding carboxylic acids is 1. The zero-order valence-corrected chi connectivity index (χ0v) is 18.0. The number of amides is 1. The van der Waals surface area contributed by atoms with Crippen molar-refractivity contribution in [3.05, 3.63) is 36.8 Å². The molecule has 3 heterocycles. The van der Waals surface area contributed by atoms with Crippen LogP contribution in [0.25, 0.3) is 22.0 Å². The molecule has 0 bridgehead atoms. The van der Waals surface area contributed by atoms with Crippen molar-refractivity contribution in [3.8, 4) is 11.1 Å². The summed E-state index contributed by atoms with van der Waals surface area (Å²) in [5, 5.41) is 8.13. The summed E-state index contributed by atoms with van der Waals surface area (Å²) in [6.45, 7) is 7.63. The van der Waals surface area contributed by atoms with E-state index >= 15 is 0 Å². The van der Waals surface area contributed by atoms with Gasteiger partial charge in [0, 0.05) is 42.9 Å². The molecule has 1 aromatic carbocycles. The molecular formula is C23H30N6O. The fraction of sp³-hybridized carbons (Fsp3) is 0.478. The second-order valence-corrected chi connectivity index (χ2v) is 8.68. The number of rotatable bonds is 5. The predicted molar refractivity (Wildman–Crippen MR) is 119 cm³/mol. The molecule has 1 atom stereocenters. The first-order valence-corrected chi connectivity index (χ1v) is 10.8. The van der Waals surface area contributed by atoms with Gasteiger partial charge in [0.25, 0.3) is 0 Å². The highest BCUT2D eigenvalue weighted by atomic mass is 16.2. The van der Waals surface area contributed by atoms with E-state index in [0.717, 1.165) is 60.9 Å². The van der Waals surface area contributed by atoms with Gasteiger partial charge in [-0.3, -0.25) is 14.8 Å². The molecule has 0 spiro atoms. The number of benzene rings is 1. The predicted octanol–water partition coefficient (Wildman–Crippen LogP) is 3.73. The van der Waals surface area contributed by atoms with E-state index in [9.17, 15) is 4.79 Å². The van der Waals surface area contributed by atoms with E-state index in [-0.39, 0.29) is 11.8 Å². The molecule has 0 saturated carbocycles. The maximum atomic E-state index is 12.9. The number of aromatic nitrogens is 4. The van der Waals surface area contributed by atoms with Crippen molar-refractivity contribution in [2.45, 2.75) is 33.1 Å². The van der Waals surface area contributed by atoms with Crippen LogP contribution in [-0.2, 0) is 11.8 Å². The van der Waals surface area contributed by atoms with Gasteiger partial charge in [0.2, 0.25) is 11.9 Å². The third-order valence-corrected chi connectivity index (χ3v) is 5.67. The second kappa shape index (κ2) is 8.92. The Morgan fingerprint density at radius 3 is 2.83 bits per heavy atom. The lowest BCUT2D eigenvalue weighted by molar-refractivity contribution is -0.120. The highest BCUT2D eigenvalue weighted by Gasteiger charge is 2.24. The Bertz CT molecular complexity index is 1030. The molecule has 3 aromatic rings. The number of hydrogen-bond acceptors (Lipinski definition) is 5. The summed E-state index contributed by atoms with van der Waals surface area (Å²) in [6.07, 6.45) is 8.43. The van der Waals surface area contributed by atoms with E-state index in [4.69, 9.17) is 0 Å². The summed E-state index contributed by atoms with van der Waals surface area (Å²) in [7, 11) is 1.90. The molecule has 0 radical (unpaired) electrons. The third kappa shape index (κ3) is 4.84. The number of carbonyl (C=O) groups is 1. The Labute approximate surface area is 177 Å². The average Bonchev–Trinajstić information content (AvgIpc) is 3.01. The number of nitrogens with one attached hydrogen (secondary N) is 1. The molecule has 7 nitrogen and oxygen atoms in total. The number of likely N-dealkylation sites (tertiary alicyclic amines) is 1. The van der Waals surface area contributed by atoms with Crippen LogP contribution >= 0.6 is 0 Å². The first kappa shape index (κ1) is 20.5. The molecule has 1 aliphatic rings. The van der Waals surface area contributed by atoms with Gasteiger partial charge in [-0.2, -0.15) is 5.10 Å². The summed E-state index contributed by atoms with van der Waals surface area (Å²) < 4.78 is 1.78. The minimum Gasteiger partial charge on any atom is -0.303 e. The Morgan fingerprint density at radius 1 is 1.20 bits per heavy atom. The van der Waals surface area contributed by atoms with Gasteiger partial charge in [0.1, 0.15) is 0 Å².